The highest BCUT2D eigenvalue weighted by molar-refractivity contribution is 6.02. The molecule has 0 unspecified atom stereocenters. The fourth-order valence-electron chi connectivity index (χ4n) is 8.11. The summed E-state index contributed by atoms with van der Waals surface area (Å²) in [4.78, 5) is 183. The number of rotatable bonds is 39. The van der Waals surface area contributed by atoms with Crippen LogP contribution in [-0.2, 0) is 52.7 Å². The van der Waals surface area contributed by atoms with Gasteiger partial charge in [-0.05, 0) is 63.1 Å². The second kappa shape index (κ2) is 35.8. The van der Waals surface area contributed by atoms with Gasteiger partial charge in [0.2, 0.25) is 53.2 Å². The third kappa shape index (κ3) is 25.2. The number of Topliss-reactive ketones (excluding diaryl/α,β-unsaturated/α-hetero) is 1. The molecule has 2 aromatic rings. The second-order valence-corrected chi connectivity index (χ2v) is 20.2. The van der Waals surface area contributed by atoms with E-state index in [9.17, 15) is 82.9 Å². The first kappa shape index (κ1) is 72.1. The number of carbonyl (C=O) groups is 12. The summed E-state index contributed by atoms with van der Waals surface area (Å²) in [5.74, 6) is -13.5. The molecule has 0 aromatic heterocycles. The second-order valence-electron chi connectivity index (χ2n) is 20.2. The maximum atomic E-state index is 14.0. The van der Waals surface area contributed by atoms with Crippen LogP contribution in [0.4, 0.5) is 22.7 Å². The largest absolute Gasteiger partial charge is 0.481 e. The Labute approximate surface area is 493 Å². The molecule has 0 heterocycles. The molecule has 34 nitrogen and oxygen atoms in total. The van der Waals surface area contributed by atoms with Crippen molar-refractivity contribution in [3.63, 3.8) is 0 Å². The molecule has 0 aliphatic heterocycles. The van der Waals surface area contributed by atoms with Gasteiger partial charge in [0.05, 0.1) is 33.9 Å². The molecule has 0 aliphatic carbocycles. The van der Waals surface area contributed by atoms with Gasteiger partial charge in [0, 0.05) is 56.6 Å². The summed E-state index contributed by atoms with van der Waals surface area (Å²) in [5, 5.41) is 54.6. The summed E-state index contributed by atoms with van der Waals surface area (Å²) in [6, 6.07) is -1.28. The molecule has 86 heavy (non-hydrogen) atoms. The molecule has 0 aliphatic rings. The zero-order chi connectivity index (χ0) is 65.0. The zero-order valence-corrected chi connectivity index (χ0v) is 48.1. The maximum Gasteiger partial charge on any atom is 0.303 e. The number of nitrogens with one attached hydrogen (secondary N) is 9. The van der Waals surface area contributed by atoms with E-state index in [0.29, 0.717) is 0 Å². The van der Waals surface area contributed by atoms with Crippen LogP contribution in [0.1, 0.15) is 109 Å². The number of guanidine groups is 1. The van der Waals surface area contributed by atoms with Gasteiger partial charge in [0.1, 0.15) is 41.9 Å². The Morgan fingerprint density at radius 1 is 0.605 bits per heavy atom. The molecular formula is C52H77N17O17. The van der Waals surface area contributed by atoms with Crippen LogP contribution in [0.15, 0.2) is 47.5 Å². The van der Waals surface area contributed by atoms with Crippen molar-refractivity contribution in [3.05, 3.63) is 68.3 Å². The zero-order valence-electron chi connectivity index (χ0n) is 48.1. The summed E-state index contributed by atoms with van der Waals surface area (Å²) in [5.41, 5.74) is 26.5. The summed E-state index contributed by atoms with van der Waals surface area (Å²) in [6.07, 6.45) is -3.39. The minimum absolute atomic E-state index is 0.0101. The van der Waals surface area contributed by atoms with Gasteiger partial charge in [0.25, 0.3) is 17.3 Å². The molecule has 0 saturated heterocycles. The van der Waals surface area contributed by atoms with Gasteiger partial charge in [-0.15, -0.1) is 0 Å². The van der Waals surface area contributed by atoms with Crippen LogP contribution in [0.3, 0.4) is 0 Å². The number of primary amides is 2. The van der Waals surface area contributed by atoms with Crippen molar-refractivity contribution in [2.45, 2.75) is 141 Å². The number of amides is 10. The average Bonchev–Trinajstić information content (AvgIpc) is 3.34. The Bertz CT molecular complexity index is 2850. The fourth-order valence-corrected chi connectivity index (χ4v) is 8.11. The molecule has 10 amide bonds. The minimum atomic E-state index is -1.68. The number of nitrogen functional groups attached to an aromatic ring is 1. The minimum Gasteiger partial charge on any atom is -0.481 e. The molecule has 0 fully saturated rings. The number of anilines is 2. The quantitative estimate of drug-likeness (QED) is 0.00818. The smallest absolute Gasteiger partial charge is 0.303 e. The van der Waals surface area contributed by atoms with E-state index in [4.69, 9.17) is 28.7 Å². The number of aliphatic carboxylic acids is 1. The highest BCUT2D eigenvalue weighted by Gasteiger charge is 2.35. The lowest BCUT2D eigenvalue weighted by molar-refractivity contribution is -0.393. The van der Waals surface area contributed by atoms with Gasteiger partial charge in [-0.3, -0.25) is 82.8 Å². The third-order valence-corrected chi connectivity index (χ3v) is 12.8. The topological polar surface area (TPSA) is 562 Å². The van der Waals surface area contributed by atoms with Crippen LogP contribution in [0.5, 0.6) is 0 Å². The van der Waals surface area contributed by atoms with Crippen molar-refractivity contribution >= 4 is 99.5 Å². The van der Waals surface area contributed by atoms with E-state index in [-0.39, 0.29) is 74.6 Å². The molecule has 2 aromatic carbocycles. The van der Waals surface area contributed by atoms with E-state index in [1.807, 2.05) is 0 Å². The number of ketones is 1. The van der Waals surface area contributed by atoms with Gasteiger partial charge in [-0.2, -0.15) is 0 Å². The number of nitrogens with zero attached hydrogens (tertiary/aromatic N) is 3. The lowest BCUT2D eigenvalue weighted by Crippen LogP contribution is -2.58. The molecule has 2 rings (SSSR count). The molecule has 20 N–H and O–H groups in total. The first-order chi connectivity index (χ1) is 40.4. The fraction of sp³-hybridized carbons (Fsp3) is 0.519. The van der Waals surface area contributed by atoms with E-state index in [1.165, 1.54) is 26.0 Å². The monoisotopic (exact) mass is 1210 g/mol. The summed E-state index contributed by atoms with van der Waals surface area (Å²) in [6.45, 7) is 6.99. The molecule has 0 radical (unpaired) electrons. The SMILES string of the molecule is CCC[C@H](NC(=O)[C@H](CC(N)=O)NC(=O)[C@H](C)NC(=O)[C@@H](NC(=O)c1ccccc1N)C(C)C)C(=O)C[C@@H](C)C(=O)N[C@@H](CCC(=O)O)C(=O)N[C@@H](CCCN=C(N)N)C(=O)N[C@@H](CCC(N)=O)C(=O)NCCNc1ccc([N+](=O)[O-])cc1[N+](=O)[O-]. The predicted molar refractivity (Wildman–Crippen MR) is 308 cm³/mol. The Morgan fingerprint density at radius 2 is 1.17 bits per heavy atom. The van der Waals surface area contributed by atoms with Crippen molar-refractivity contribution in [3.8, 4) is 0 Å². The van der Waals surface area contributed by atoms with Crippen LogP contribution in [0, 0.1) is 32.1 Å². The number of aliphatic imine (C=N–C) groups is 1. The molecular weight excluding hydrogens is 1130 g/mol. The lowest BCUT2D eigenvalue weighted by Gasteiger charge is -2.26. The van der Waals surface area contributed by atoms with E-state index >= 15 is 0 Å². The molecule has 8 atom stereocenters. The highest BCUT2D eigenvalue weighted by Crippen LogP contribution is 2.28. The molecule has 472 valence electrons. The Hall–Kier alpha value is -10.1. The molecule has 0 bridgehead atoms. The number of para-hydroxylation sites is 1. The predicted octanol–water partition coefficient (Wildman–Crippen LogP) is -2.55. The van der Waals surface area contributed by atoms with E-state index < -0.39 is 178 Å². The lowest BCUT2D eigenvalue weighted by atomic mass is 9.96. The van der Waals surface area contributed by atoms with Crippen LogP contribution in [-0.4, -0.2) is 154 Å². The van der Waals surface area contributed by atoms with Crippen molar-refractivity contribution in [2.24, 2.45) is 39.8 Å². The first-order valence-corrected chi connectivity index (χ1v) is 27.1. The number of nitro benzene ring substituents is 2. The number of hydrogen-bond donors (Lipinski definition) is 15. The summed E-state index contributed by atoms with van der Waals surface area (Å²) < 4.78 is 0. The number of hydrogen-bond acceptors (Lipinski definition) is 19. The normalized spacial score (nSPS) is 13.6. The van der Waals surface area contributed by atoms with E-state index in [0.717, 1.165) is 18.2 Å². The van der Waals surface area contributed by atoms with Gasteiger partial charge < -0.3 is 81.6 Å². The number of carboxylic acid groups (broad SMARTS) is 1. The number of carboxylic acids is 1. The van der Waals surface area contributed by atoms with Crippen molar-refractivity contribution in [2.75, 3.05) is 30.7 Å². The summed E-state index contributed by atoms with van der Waals surface area (Å²) >= 11 is 0. The van der Waals surface area contributed by atoms with Crippen LogP contribution in [0.2, 0.25) is 0 Å². The van der Waals surface area contributed by atoms with Crippen molar-refractivity contribution < 1.29 is 72.5 Å². The first-order valence-electron chi connectivity index (χ1n) is 27.1. The number of benzene rings is 2. The molecule has 0 saturated carbocycles. The van der Waals surface area contributed by atoms with Crippen LogP contribution < -0.4 is 76.5 Å². The Kier molecular flexibility index (Phi) is 30.0. The number of non-ortho nitro benzene ring substituents is 1. The van der Waals surface area contributed by atoms with Gasteiger partial charge in [-0.25, -0.2) is 0 Å². The maximum absolute atomic E-state index is 14.0. The van der Waals surface area contributed by atoms with Crippen LogP contribution >= 0.6 is 0 Å². The van der Waals surface area contributed by atoms with Gasteiger partial charge >= 0.3 is 5.97 Å². The van der Waals surface area contributed by atoms with Crippen molar-refractivity contribution in [1.82, 2.24) is 42.5 Å². The average molecular weight is 1210 g/mol. The van der Waals surface area contributed by atoms with E-state index in [1.54, 1.807) is 32.9 Å². The van der Waals surface area contributed by atoms with Crippen LogP contribution in [0.25, 0.3) is 0 Å². The third-order valence-electron chi connectivity index (χ3n) is 12.8. The van der Waals surface area contributed by atoms with Crippen molar-refractivity contribution in [1.29, 1.82) is 0 Å². The summed E-state index contributed by atoms with van der Waals surface area (Å²) in [7, 11) is 0. The standard InChI is InChI=1S/C52H77N17O17/c1-6-10-33(62-50(81)37(25-41(55)72)66-45(76)28(5)61-51(82)43(26(2)3)67-46(77)30-11-7-8-12-31(30)53)39(70)23-27(4)44(75)63-36(17-19-42(73)74)49(80)64-34(13-9-20-60-52(56)57)48(79)65-35(16-18-40(54)71)47(78)59-22-21-58-32-15-14-29(68(83)84)24-38(32)69(85)86/h7-8,11-12,14-15,24,26-28,33-37,43,58H,6,9-10,13,16-23,25,53H2,1-5H3,(H2,54,71)(H2,55,72)(H,59,78)(H,61,82)(H,62,81)(H,63,75)(H,64,80)(H,65,79)(H,66,76)(H,67,77)(H,73,74)(H4,56,57,60)/t27-,28+,33+,34+,35+,36+,37+,43+/m1/s1. The Morgan fingerprint density at radius 3 is 1.73 bits per heavy atom. The number of nitrogens with two attached hydrogens (primary N) is 5. The molecule has 0 spiro atoms. The molecule has 34 heteroatoms. The van der Waals surface area contributed by atoms with E-state index in [2.05, 4.69) is 52.8 Å². The van der Waals surface area contributed by atoms with Gasteiger partial charge in [-0.1, -0.05) is 46.2 Å². The highest BCUT2D eigenvalue weighted by atomic mass is 16.6. The Balaban J connectivity index is 2.27. The van der Waals surface area contributed by atoms with Gasteiger partial charge in [0.15, 0.2) is 11.7 Å². The number of carbonyl (C=O) groups excluding carboxylic acids is 11. The number of nitro groups is 2.